The van der Waals surface area contributed by atoms with Gasteiger partial charge in [0.15, 0.2) is 0 Å². The second-order valence-corrected chi connectivity index (χ2v) is 4.57. The Bertz CT molecular complexity index is 451. The first-order valence-corrected chi connectivity index (χ1v) is 6.06. The average molecular weight is 252 g/mol. The Morgan fingerprint density at radius 1 is 1.61 bits per heavy atom. The molecule has 0 saturated carbocycles. The zero-order valence-corrected chi connectivity index (χ0v) is 10.3. The van der Waals surface area contributed by atoms with Crippen LogP contribution in [0, 0.1) is 12.7 Å². The largest absolute Gasteiger partial charge is 0.394 e. The van der Waals surface area contributed by atoms with Crippen molar-refractivity contribution in [1.29, 1.82) is 0 Å². The van der Waals surface area contributed by atoms with Crippen LogP contribution in [0.1, 0.15) is 18.4 Å². The van der Waals surface area contributed by atoms with E-state index in [4.69, 9.17) is 5.11 Å². The van der Waals surface area contributed by atoms with Gasteiger partial charge in [0.05, 0.1) is 12.6 Å². The van der Waals surface area contributed by atoms with E-state index in [1.807, 2.05) is 0 Å². The SMILES string of the molecule is Cc1ccc(NC(=O)N2CCC[C@H]2CO)cc1F. The minimum Gasteiger partial charge on any atom is -0.394 e. The third-order valence-corrected chi connectivity index (χ3v) is 3.27. The zero-order valence-electron chi connectivity index (χ0n) is 10.3. The number of hydrogen-bond acceptors (Lipinski definition) is 2. The standard InChI is InChI=1S/C13H17FN2O2/c1-9-4-5-10(7-12(9)14)15-13(18)16-6-2-3-11(16)8-17/h4-5,7,11,17H,2-3,6,8H2,1H3,(H,15,18)/t11-/m0/s1. The number of nitrogens with zero attached hydrogens (tertiary/aromatic N) is 1. The molecule has 2 rings (SSSR count). The van der Waals surface area contributed by atoms with Crippen LogP contribution in [0.15, 0.2) is 18.2 Å². The molecule has 1 aromatic carbocycles. The molecule has 1 heterocycles. The number of benzene rings is 1. The number of amides is 2. The molecule has 1 saturated heterocycles. The smallest absolute Gasteiger partial charge is 0.322 e. The van der Waals surface area contributed by atoms with E-state index in [0.717, 1.165) is 12.8 Å². The molecular formula is C13H17FN2O2. The highest BCUT2D eigenvalue weighted by Gasteiger charge is 2.27. The van der Waals surface area contributed by atoms with Crippen LogP contribution in [0.25, 0.3) is 0 Å². The molecule has 1 aromatic rings. The average Bonchev–Trinajstić information content (AvgIpc) is 2.82. The van der Waals surface area contributed by atoms with Gasteiger partial charge in [-0.1, -0.05) is 6.07 Å². The summed E-state index contributed by atoms with van der Waals surface area (Å²) < 4.78 is 13.3. The quantitative estimate of drug-likeness (QED) is 0.847. The molecule has 0 bridgehead atoms. The Hall–Kier alpha value is -1.62. The minimum absolute atomic E-state index is 0.0321. The van der Waals surface area contributed by atoms with Gasteiger partial charge < -0.3 is 15.3 Å². The summed E-state index contributed by atoms with van der Waals surface area (Å²) in [4.78, 5) is 13.6. The van der Waals surface area contributed by atoms with Gasteiger partial charge in [0.1, 0.15) is 5.82 Å². The fourth-order valence-corrected chi connectivity index (χ4v) is 2.16. The number of likely N-dealkylation sites (tertiary alicyclic amines) is 1. The van der Waals surface area contributed by atoms with E-state index in [2.05, 4.69) is 5.32 Å². The van der Waals surface area contributed by atoms with Crippen LogP contribution in [0.2, 0.25) is 0 Å². The maximum absolute atomic E-state index is 13.3. The summed E-state index contributed by atoms with van der Waals surface area (Å²) >= 11 is 0. The van der Waals surface area contributed by atoms with E-state index in [9.17, 15) is 9.18 Å². The molecule has 0 aromatic heterocycles. The van der Waals surface area contributed by atoms with Crippen LogP contribution in [0.5, 0.6) is 0 Å². The molecular weight excluding hydrogens is 235 g/mol. The first-order valence-electron chi connectivity index (χ1n) is 6.06. The highest BCUT2D eigenvalue weighted by Crippen LogP contribution is 2.19. The summed E-state index contributed by atoms with van der Waals surface area (Å²) in [6.45, 7) is 2.27. The van der Waals surface area contributed by atoms with E-state index in [1.54, 1.807) is 24.0 Å². The molecule has 98 valence electrons. The maximum Gasteiger partial charge on any atom is 0.322 e. The van der Waals surface area contributed by atoms with Crippen LogP contribution in [-0.4, -0.2) is 35.2 Å². The number of aryl methyl sites for hydroxylation is 1. The maximum atomic E-state index is 13.3. The van der Waals surface area contributed by atoms with Gasteiger partial charge in [-0.3, -0.25) is 0 Å². The van der Waals surface area contributed by atoms with Crippen molar-refractivity contribution in [2.24, 2.45) is 0 Å². The fraction of sp³-hybridized carbons (Fsp3) is 0.462. The van der Waals surface area contributed by atoms with Crippen molar-refractivity contribution in [3.8, 4) is 0 Å². The van der Waals surface area contributed by atoms with Gasteiger partial charge in [-0.2, -0.15) is 0 Å². The molecule has 1 atom stereocenters. The van der Waals surface area contributed by atoms with Crippen molar-refractivity contribution in [1.82, 2.24) is 4.90 Å². The third-order valence-electron chi connectivity index (χ3n) is 3.27. The van der Waals surface area contributed by atoms with Crippen molar-refractivity contribution in [2.75, 3.05) is 18.5 Å². The summed E-state index contributed by atoms with van der Waals surface area (Å²) in [5.41, 5.74) is 0.981. The number of anilines is 1. The lowest BCUT2D eigenvalue weighted by molar-refractivity contribution is 0.166. The van der Waals surface area contributed by atoms with E-state index in [1.165, 1.54) is 6.07 Å². The van der Waals surface area contributed by atoms with Crippen molar-refractivity contribution < 1.29 is 14.3 Å². The predicted molar refractivity (Wildman–Crippen MR) is 67.0 cm³/mol. The summed E-state index contributed by atoms with van der Waals surface area (Å²) in [5.74, 6) is -0.340. The van der Waals surface area contributed by atoms with Crippen molar-refractivity contribution in [3.63, 3.8) is 0 Å². The number of nitrogens with one attached hydrogen (secondary N) is 1. The third kappa shape index (κ3) is 2.61. The number of hydrogen-bond donors (Lipinski definition) is 2. The number of urea groups is 1. The molecule has 0 spiro atoms. The lowest BCUT2D eigenvalue weighted by Gasteiger charge is -2.23. The van der Waals surface area contributed by atoms with Gasteiger partial charge in [-0.25, -0.2) is 9.18 Å². The van der Waals surface area contributed by atoms with Crippen LogP contribution in [-0.2, 0) is 0 Å². The highest BCUT2D eigenvalue weighted by atomic mass is 19.1. The molecule has 5 heteroatoms. The van der Waals surface area contributed by atoms with Crippen LogP contribution < -0.4 is 5.32 Å². The minimum atomic E-state index is -0.340. The first-order chi connectivity index (χ1) is 8.61. The molecule has 1 aliphatic heterocycles. The van der Waals surface area contributed by atoms with Gasteiger partial charge in [0, 0.05) is 12.2 Å². The Kier molecular flexibility index (Phi) is 3.81. The summed E-state index contributed by atoms with van der Waals surface area (Å²) in [6, 6.07) is 4.19. The fourth-order valence-electron chi connectivity index (χ4n) is 2.16. The predicted octanol–water partition coefficient (Wildman–Crippen LogP) is 2.12. The normalized spacial score (nSPS) is 19.1. The van der Waals surface area contributed by atoms with Crippen LogP contribution >= 0.6 is 0 Å². The second kappa shape index (κ2) is 5.35. The number of aliphatic hydroxyl groups excluding tert-OH is 1. The number of carbonyl (C=O) groups excluding carboxylic acids is 1. The Labute approximate surface area is 105 Å². The Morgan fingerprint density at radius 3 is 3.06 bits per heavy atom. The number of carbonyl (C=O) groups is 1. The summed E-state index contributed by atoms with van der Waals surface area (Å²) in [5, 5.41) is 11.8. The van der Waals surface area contributed by atoms with Crippen LogP contribution in [0.4, 0.5) is 14.9 Å². The van der Waals surface area contributed by atoms with E-state index >= 15 is 0 Å². The molecule has 2 N–H and O–H groups in total. The van der Waals surface area contributed by atoms with Crippen molar-refractivity contribution in [3.05, 3.63) is 29.6 Å². The molecule has 4 nitrogen and oxygen atoms in total. The van der Waals surface area contributed by atoms with Gasteiger partial charge in [0.2, 0.25) is 0 Å². The highest BCUT2D eigenvalue weighted by molar-refractivity contribution is 5.89. The first kappa shape index (κ1) is 12.8. The van der Waals surface area contributed by atoms with Crippen LogP contribution in [0.3, 0.4) is 0 Å². The van der Waals surface area contributed by atoms with Crippen molar-refractivity contribution >= 4 is 11.7 Å². The summed E-state index contributed by atoms with van der Waals surface area (Å²) in [6.07, 6.45) is 1.70. The van der Waals surface area contributed by atoms with E-state index < -0.39 is 0 Å². The number of rotatable bonds is 2. The number of aliphatic hydroxyl groups is 1. The molecule has 1 aliphatic rings. The van der Waals surface area contributed by atoms with Gasteiger partial charge >= 0.3 is 6.03 Å². The van der Waals surface area contributed by atoms with Gasteiger partial charge in [-0.15, -0.1) is 0 Å². The van der Waals surface area contributed by atoms with Gasteiger partial charge in [-0.05, 0) is 37.5 Å². The second-order valence-electron chi connectivity index (χ2n) is 4.57. The molecule has 2 amide bonds. The monoisotopic (exact) mass is 252 g/mol. The molecule has 0 unspecified atom stereocenters. The lowest BCUT2D eigenvalue weighted by Crippen LogP contribution is -2.40. The Balaban J connectivity index is 2.04. The lowest BCUT2D eigenvalue weighted by atomic mass is 10.2. The number of halogens is 1. The zero-order chi connectivity index (χ0) is 13.1. The topological polar surface area (TPSA) is 52.6 Å². The van der Waals surface area contributed by atoms with Crippen molar-refractivity contribution in [2.45, 2.75) is 25.8 Å². The Morgan fingerprint density at radius 2 is 2.39 bits per heavy atom. The molecule has 1 fully saturated rings. The molecule has 0 aliphatic carbocycles. The van der Waals surface area contributed by atoms with E-state index in [0.29, 0.717) is 17.8 Å². The molecule has 0 radical (unpaired) electrons. The van der Waals surface area contributed by atoms with Gasteiger partial charge in [0.25, 0.3) is 0 Å². The molecule has 18 heavy (non-hydrogen) atoms. The summed E-state index contributed by atoms with van der Waals surface area (Å²) in [7, 11) is 0. The van der Waals surface area contributed by atoms with E-state index in [-0.39, 0.29) is 24.5 Å².